The molecule has 2 aromatic carbocycles. The van der Waals surface area contributed by atoms with E-state index in [9.17, 15) is 4.79 Å². The molecule has 2 rings (SSSR count). The summed E-state index contributed by atoms with van der Waals surface area (Å²) in [5.41, 5.74) is 3.16. The van der Waals surface area contributed by atoms with Crippen LogP contribution in [0.25, 0.3) is 0 Å². The second kappa shape index (κ2) is 7.42. The molecule has 0 fully saturated rings. The normalized spacial score (nSPS) is 12.7. The lowest BCUT2D eigenvalue weighted by Gasteiger charge is -2.27. The minimum absolute atomic E-state index is 0.112. The van der Waals surface area contributed by atoms with Gasteiger partial charge in [0.15, 0.2) is 6.10 Å². The van der Waals surface area contributed by atoms with Gasteiger partial charge in [0.25, 0.3) is 5.91 Å². The van der Waals surface area contributed by atoms with E-state index in [-0.39, 0.29) is 11.3 Å². The maximum Gasteiger partial charge on any atom is 0.253 e. The Labute approximate surface area is 138 Å². The van der Waals surface area contributed by atoms with Crippen LogP contribution in [0.5, 0.6) is 0 Å². The van der Waals surface area contributed by atoms with Gasteiger partial charge in [-0.25, -0.2) is 0 Å². The zero-order chi connectivity index (χ0) is 16.9. The number of methoxy groups -OCH3 is 1. The number of amides is 1. The van der Waals surface area contributed by atoms with E-state index < -0.39 is 6.10 Å². The van der Waals surface area contributed by atoms with E-state index in [0.29, 0.717) is 6.54 Å². The molecule has 1 atom stereocenters. The summed E-state index contributed by atoms with van der Waals surface area (Å²) in [4.78, 5) is 12.5. The number of carbonyl (C=O) groups excluding carboxylic acids is 1. The zero-order valence-corrected chi connectivity index (χ0v) is 14.3. The van der Waals surface area contributed by atoms with Crippen molar-refractivity contribution in [3.05, 3.63) is 71.3 Å². The molecule has 2 aromatic rings. The Morgan fingerprint density at radius 2 is 1.83 bits per heavy atom. The zero-order valence-electron chi connectivity index (χ0n) is 14.3. The highest BCUT2D eigenvalue weighted by atomic mass is 16.5. The number of benzene rings is 2. The minimum atomic E-state index is -0.579. The molecule has 122 valence electrons. The highest BCUT2D eigenvalue weighted by molar-refractivity contribution is 5.82. The summed E-state index contributed by atoms with van der Waals surface area (Å²) in [6, 6.07) is 17.9. The third-order valence-electron chi connectivity index (χ3n) is 4.08. The molecule has 0 aliphatic carbocycles. The summed E-state index contributed by atoms with van der Waals surface area (Å²) in [5, 5.41) is 3.03. The molecule has 0 aromatic heterocycles. The first-order chi connectivity index (χ1) is 10.9. The molecule has 3 heteroatoms. The van der Waals surface area contributed by atoms with Crippen LogP contribution in [0.4, 0.5) is 0 Å². The van der Waals surface area contributed by atoms with Gasteiger partial charge in [-0.3, -0.25) is 4.79 Å². The standard InChI is InChI=1S/C20H25NO2/c1-15-9-8-12-17(13-15)20(2,3)14-21-19(22)18(23-4)16-10-6-5-7-11-16/h5-13,18H,14H2,1-4H3,(H,21,22)/t18-/m0/s1. The van der Waals surface area contributed by atoms with E-state index >= 15 is 0 Å². The quantitative estimate of drug-likeness (QED) is 0.882. The van der Waals surface area contributed by atoms with Crippen molar-refractivity contribution in [2.75, 3.05) is 13.7 Å². The smallest absolute Gasteiger partial charge is 0.253 e. The topological polar surface area (TPSA) is 38.3 Å². The van der Waals surface area contributed by atoms with Gasteiger partial charge in [-0.05, 0) is 18.1 Å². The fourth-order valence-electron chi connectivity index (χ4n) is 2.59. The van der Waals surface area contributed by atoms with Gasteiger partial charge in [-0.1, -0.05) is 74.0 Å². The second-order valence-electron chi connectivity index (χ2n) is 6.50. The lowest BCUT2D eigenvalue weighted by Crippen LogP contribution is -2.39. The molecule has 0 spiro atoms. The fraction of sp³-hybridized carbons (Fsp3) is 0.350. The molecule has 0 aliphatic heterocycles. The predicted molar refractivity (Wildman–Crippen MR) is 93.4 cm³/mol. The number of hydrogen-bond donors (Lipinski definition) is 1. The first-order valence-corrected chi connectivity index (χ1v) is 7.86. The van der Waals surface area contributed by atoms with Crippen molar-refractivity contribution in [1.29, 1.82) is 0 Å². The molecule has 0 heterocycles. The van der Waals surface area contributed by atoms with E-state index in [0.717, 1.165) is 5.56 Å². The lowest BCUT2D eigenvalue weighted by molar-refractivity contribution is -0.131. The Bertz CT molecular complexity index is 650. The van der Waals surface area contributed by atoms with Gasteiger partial charge < -0.3 is 10.1 Å². The molecule has 0 aliphatic rings. The lowest BCUT2D eigenvalue weighted by atomic mass is 9.84. The summed E-state index contributed by atoms with van der Waals surface area (Å²) in [5.74, 6) is -0.112. The minimum Gasteiger partial charge on any atom is -0.367 e. The van der Waals surface area contributed by atoms with Crippen molar-refractivity contribution >= 4 is 5.91 Å². The largest absolute Gasteiger partial charge is 0.367 e. The molecule has 0 saturated carbocycles. The highest BCUT2D eigenvalue weighted by Gasteiger charge is 2.25. The third kappa shape index (κ3) is 4.42. The Balaban J connectivity index is 2.05. The SMILES string of the molecule is CO[C@H](C(=O)NCC(C)(C)c1cccc(C)c1)c1ccccc1. The first kappa shape index (κ1) is 17.2. The van der Waals surface area contributed by atoms with E-state index in [1.807, 2.05) is 30.3 Å². The van der Waals surface area contributed by atoms with Crippen LogP contribution >= 0.6 is 0 Å². The average molecular weight is 311 g/mol. The summed E-state index contributed by atoms with van der Waals surface area (Å²) in [6.45, 7) is 6.90. The van der Waals surface area contributed by atoms with Crippen LogP contribution in [0.15, 0.2) is 54.6 Å². The van der Waals surface area contributed by atoms with E-state index in [2.05, 4.69) is 50.4 Å². The monoisotopic (exact) mass is 311 g/mol. The van der Waals surface area contributed by atoms with Crippen LogP contribution in [0.2, 0.25) is 0 Å². The fourth-order valence-corrected chi connectivity index (χ4v) is 2.59. The first-order valence-electron chi connectivity index (χ1n) is 7.86. The molecule has 3 nitrogen and oxygen atoms in total. The second-order valence-corrected chi connectivity index (χ2v) is 6.50. The Morgan fingerprint density at radius 3 is 2.43 bits per heavy atom. The highest BCUT2D eigenvalue weighted by Crippen LogP contribution is 2.24. The Hall–Kier alpha value is -2.13. The molecular weight excluding hydrogens is 286 g/mol. The summed E-state index contributed by atoms with van der Waals surface area (Å²) in [7, 11) is 1.56. The molecule has 1 amide bonds. The van der Waals surface area contributed by atoms with Gasteiger partial charge in [-0.15, -0.1) is 0 Å². The van der Waals surface area contributed by atoms with Crippen LogP contribution in [0.3, 0.4) is 0 Å². The van der Waals surface area contributed by atoms with Gasteiger partial charge in [0, 0.05) is 19.1 Å². The number of rotatable bonds is 6. The van der Waals surface area contributed by atoms with Crippen molar-refractivity contribution in [1.82, 2.24) is 5.32 Å². The Kier molecular flexibility index (Phi) is 5.56. The van der Waals surface area contributed by atoms with Crippen LogP contribution < -0.4 is 5.32 Å². The number of hydrogen-bond acceptors (Lipinski definition) is 2. The van der Waals surface area contributed by atoms with Crippen molar-refractivity contribution < 1.29 is 9.53 Å². The van der Waals surface area contributed by atoms with Crippen LogP contribution in [-0.4, -0.2) is 19.6 Å². The van der Waals surface area contributed by atoms with Crippen molar-refractivity contribution in [3.8, 4) is 0 Å². The molecule has 0 radical (unpaired) electrons. The molecular formula is C20H25NO2. The van der Waals surface area contributed by atoms with E-state index in [4.69, 9.17) is 4.74 Å². The van der Waals surface area contributed by atoms with Gasteiger partial charge in [0.05, 0.1) is 0 Å². The summed E-state index contributed by atoms with van der Waals surface area (Å²) < 4.78 is 5.38. The molecule has 0 saturated heterocycles. The number of nitrogens with one attached hydrogen (secondary N) is 1. The van der Waals surface area contributed by atoms with Gasteiger partial charge >= 0.3 is 0 Å². The average Bonchev–Trinajstić information content (AvgIpc) is 2.55. The predicted octanol–water partition coefficient (Wildman–Crippen LogP) is 3.78. The third-order valence-corrected chi connectivity index (χ3v) is 4.08. The van der Waals surface area contributed by atoms with Crippen molar-refractivity contribution in [2.45, 2.75) is 32.3 Å². The summed E-state index contributed by atoms with van der Waals surface area (Å²) >= 11 is 0. The number of aryl methyl sites for hydroxylation is 1. The maximum absolute atomic E-state index is 12.5. The van der Waals surface area contributed by atoms with Crippen molar-refractivity contribution in [3.63, 3.8) is 0 Å². The number of ether oxygens (including phenoxy) is 1. The summed E-state index contributed by atoms with van der Waals surface area (Å²) in [6.07, 6.45) is -0.579. The Morgan fingerprint density at radius 1 is 1.13 bits per heavy atom. The van der Waals surface area contributed by atoms with Gasteiger partial charge in [-0.2, -0.15) is 0 Å². The molecule has 0 bridgehead atoms. The molecule has 0 unspecified atom stereocenters. The van der Waals surface area contributed by atoms with Crippen LogP contribution in [0.1, 0.15) is 36.6 Å². The molecule has 23 heavy (non-hydrogen) atoms. The van der Waals surface area contributed by atoms with Crippen LogP contribution in [-0.2, 0) is 14.9 Å². The van der Waals surface area contributed by atoms with E-state index in [1.54, 1.807) is 7.11 Å². The van der Waals surface area contributed by atoms with Crippen LogP contribution in [0, 0.1) is 6.92 Å². The van der Waals surface area contributed by atoms with Crippen molar-refractivity contribution in [2.24, 2.45) is 0 Å². The molecule has 1 N–H and O–H groups in total. The van der Waals surface area contributed by atoms with Gasteiger partial charge in [0.2, 0.25) is 0 Å². The van der Waals surface area contributed by atoms with E-state index in [1.165, 1.54) is 11.1 Å². The van der Waals surface area contributed by atoms with Gasteiger partial charge in [0.1, 0.15) is 0 Å². The number of carbonyl (C=O) groups is 1. The maximum atomic E-state index is 12.5.